The Kier molecular flexibility index (Phi) is 6.63. The second kappa shape index (κ2) is 8.97. The molecule has 3 rings (SSSR count). The van der Waals surface area contributed by atoms with Gasteiger partial charge in [-0.05, 0) is 47.2 Å². The lowest BCUT2D eigenvalue weighted by molar-refractivity contribution is -1.02. The highest BCUT2D eigenvalue weighted by Crippen LogP contribution is 2.23. The van der Waals surface area contributed by atoms with E-state index in [0.29, 0.717) is 23.3 Å². The lowest BCUT2D eigenvalue weighted by Gasteiger charge is -2.30. The average molecular weight is 385 g/mol. The van der Waals surface area contributed by atoms with Crippen LogP contribution in [0.15, 0.2) is 36.4 Å². The zero-order valence-electron chi connectivity index (χ0n) is 17.8. The highest BCUT2D eigenvalue weighted by atomic mass is 16.3. The van der Waals surface area contributed by atoms with Gasteiger partial charge in [-0.1, -0.05) is 39.8 Å². The van der Waals surface area contributed by atoms with Crippen molar-refractivity contribution in [3.63, 3.8) is 0 Å². The van der Waals surface area contributed by atoms with Crippen LogP contribution >= 0.6 is 0 Å². The van der Waals surface area contributed by atoms with Crippen molar-refractivity contribution in [3.8, 4) is 11.5 Å². The maximum absolute atomic E-state index is 10.2. The van der Waals surface area contributed by atoms with E-state index in [1.807, 2.05) is 24.3 Å². The molecule has 0 amide bonds. The maximum Gasteiger partial charge on any atom is 0.127 e. The minimum absolute atomic E-state index is 0.419. The van der Waals surface area contributed by atoms with Gasteiger partial charge in [0.25, 0.3) is 0 Å². The second-order valence-corrected chi connectivity index (χ2v) is 8.94. The first-order chi connectivity index (χ1) is 13.3. The van der Waals surface area contributed by atoms with Gasteiger partial charge in [-0.25, -0.2) is 0 Å². The highest BCUT2D eigenvalue weighted by molar-refractivity contribution is 5.37. The first kappa shape index (κ1) is 20.7. The van der Waals surface area contributed by atoms with Gasteiger partial charge in [0.1, 0.15) is 50.8 Å². The van der Waals surface area contributed by atoms with Crippen molar-refractivity contribution < 1.29 is 20.0 Å². The summed E-state index contributed by atoms with van der Waals surface area (Å²) in [6, 6.07) is 12.1. The quantitative estimate of drug-likeness (QED) is 0.614. The summed E-state index contributed by atoms with van der Waals surface area (Å²) in [6.45, 7) is 14.9. The molecule has 0 spiro atoms. The monoisotopic (exact) mass is 384 g/mol. The molecule has 1 aliphatic heterocycles. The molecule has 4 nitrogen and oxygen atoms in total. The molecule has 0 aromatic heterocycles. The van der Waals surface area contributed by atoms with E-state index in [2.05, 4.69) is 39.8 Å². The predicted molar refractivity (Wildman–Crippen MR) is 113 cm³/mol. The molecule has 1 fully saturated rings. The maximum atomic E-state index is 10.2. The molecule has 2 aromatic rings. The molecule has 4 heteroatoms. The molecule has 0 unspecified atom stereocenters. The molecule has 28 heavy (non-hydrogen) atoms. The van der Waals surface area contributed by atoms with Crippen LogP contribution in [0, 0.1) is 0 Å². The lowest BCUT2D eigenvalue weighted by Crippen LogP contribution is -3.27. The summed E-state index contributed by atoms with van der Waals surface area (Å²) in [4.78, 5) is 3.06. The number of aromatic hydroxyl groups is 2. The molecule has 1 aliphatic rings. The molecule has 0 aliphatic carbocycles. The van der Waals surface area contributed by atoms with Gasteiger partial charge in [0, 0.05) is 11.1 Å². The van der Waals surface area contributed by atoms with Crippen molar-refractivity contribution in [3.05, 3.63) is 58.7 Å². The van der Waals surface area contributed by atoms with Crippen molar-refractivity contribution >= 4 is 0 Å². The normalized spacial score (nSPS) is 20.1. The van der Waals surface area contributed by atoms with Crippen molar-refractivity contribution in [2.24, 2.45) is 0 Å². The Morgan fingerprint density at radius 2 is 1.04 bits per heavy atom. The smallest absolute Gasteiger partial charge is 0.127 e. The zero-order valence-corrected chi connectivity index (χ0v) is 17.8. The van der Waals surface area contributed by atoms with E-state index in [-0.39, 0.29) is 0 Å². The average Bonchev–Trinajstić information content (AvgIpc) is 2.66. The summed E-state index contributed by atoms with van der Waals surface area (Å²) < 4.78 is 0. The summed E-state index contributed by atoms with van der Waals surface area (Å²) >= 11 is 0. The highest BCUT2D eigenvalue weighted by Gasteiger charge is 2.25. The lowest BCUT2D eigenvalue weighted by atomic mass is 9.99. The van der Waals surface area contributed by atoms with Crippen molar-refractivity contribution in [2.75, 3.05) is 26.2 Å². The van der Waals surface area contributed by atoms with Crippen LogP contribution in [0.25, 0.3) is 0 Å². The summed E-state index contributed by atoms with van der Waals surface area (Å²) in [5, 5.41) is 20.5. The number of hydrogen-bond acceptors (Lipinski definition) is 2. The molecule has 1 heterocycles. The number of quaternary nitrogens is 2. The van der Waals surface area contributed by atoms with E-state index >= 15 is 0 Å². The van der Waals surface area contributed by atoms with Crippen LogP contribution in [0.5, 0.6) is 11.5 Å². The molecule has 152 valence electrons. The Hall–Kier alpha value is -2.04. The SMILES string of the molecule is CC(C)c1ccc(O)c(C[NH+]2CC[NH+](Cc3cc(C(C)C)ccc3O)CC2)c1. The fourth-order valence-corrected chi connectivity index (χ4v) is 4.06. The van der Waals surface area contributed by atoms with Gasteiger partial charge in [-0.2, -0.15) is 0 Å². The van der Waals surface area contributed by atoms with E-state index in [1.165, 1.54) is 20.9 Å². The van der Waals surface area contributed by atoms with Crippen LogP contribution in [0.4, 0.5) is 0 Å². The molecule has 0 atom stereocenters. The number of phenolic OH excluding ortho intramolecular Hbond substituents is 2. The van der Waals surface area contributed by atoms with E-state index in [0.717, 1.165) is 50.4 Å². The first-order valence-corrected chi connectivity index (χ1v) is 10.6. The minimum atomic E-state index is 0.419. The van der Waals surface area contributed by atoms with Gasteiger partial charge in [0.05, 0.1) is 0 Å². The van der Waals surface area contributed by atoms with Crippen LogP contribution < -0.4 is 9.80 Å². The van der Waals surface area contributed by atoms with Gasteiger partial charge >= 0.3 is 0 Å². The van der Waals surface area contributed by atoms with E-state index in [1.54, 1.807) is 0 Å². The van der Waals surface area contributed by atoms with Gasteiger partial charge < -0.3 is 20.0 Å². The number of benzene rings is 2. The molecule has 0 bridgehead atoms. The fraction of sp³-hybridized carbons (Fsp3) is 0.500. The largest absolute Gasteiger partial charge is 0.507 e. The Morgan fingerprint density at radius 3 is 1.36 bits per heavy atom. The summed E-state index contributed by atoms with van der Waals surface area (Å²) in [5.74, 6) is 1.79. The minimum Gasteiger partial charge on any atom is -0.507 e. The summed E-state index contributed by atoms with van der Waals surface area (Å²) in [7, 11) is 0. The van der Waals surface area contributed by atoms with E-state index in [9.17, 15) is 10.2 Å². The van der Waals surface area contributed by atoms with Crippen molar-refractivity contribution in [2.45, 2.75) is 52.6 Å². The molecular weight excluding hydrogens is 348 g/mol. The number of piperazine rings is 1. The fourth-order valence-electron chi connectivity index (χ4n) is 4.06. The number of rotatable bonds is 6. The van der Waals surface area contributed by atoms with Gasteiger partial charge in [-0.3, -0.25) is 0 Å². The van der Waals surface area contributed by atoms with Crippen LogP contribution in [0.3, 0.4) is 0 Å². The Balaban J connectivity index is 1.58. The second-order valence-electron chi connectivity index (χ2n) is 8.94. The molecular formula is C24H36N2O2+2. The third-order valence-electron chi connectivity index (χ3n) is 6.09. The van der Waals surface area contributed by atoms with E-state index in [4.69, 9.17) is 0 Å². The number of hydrogen-bond donors (Lipinski definition) is 4. The molecule has 1 saturated heterocycles. The van der Waals surface area contributed by atoms with Crippen molar-refractivity contribution in [1.82, 2.24) is 0 Å². The standard InChI is InChI=1S/C24H34N2O2/c1-17(2)19-5-7-23(27)21(13-19)15-25-9-11-26(12-10-25)16-22-14-20(18(3)4)6-8-24(22)28/h5-8,13-14,17-18,27-28H,9-12,15-16H2,1-4H3/p+2. The third kappa shape index (κ3) is 5.06. The number of nitrogens with one attached hydrogen (secondary N) is 2. The summed E-state index contributed by atoms with van der Waals surface area (Å²) in [6.07, 6.45) is 0. The molecule has 0 radical (unpaired) electrons. The van der Waals surface area contributed by atoms with Crippen LogP contribution in [-0.4, -0.2) is 36.4 Å². The van der Waals surface area contributed by atoms with Crippen LogP contribution in [0.2, 0.25) is 0 Å². The molecule has 4 N–H and O–H groups in total. The Labute approximate surface area is 169 Å². The molecule has 2 aromatic carbocycles. The van der Waals surface area contributed by atoms with Gasteiger partial charge in [0.15, 0.2) is 0 Å². The van der Waals surface area contributed by atoms with Gasteiger partial charge in [-0.15, -0.1) is 0 Å². The van der Waals surface area contributed by atoms with E-state index < -0.39 is 0 Å². The topological polar surface area (TPSA) is 49.3 Å². The summed E-state index contributed by atoms with van der Waals surface area (Å²) in [5.41, 5.74) is 4.70. The molecule has 0 saturated carbocycles. The third-order valence-corrected chi connectivity index (χ3v) is 6.09. The van der Waals surface area contributed by atoms with Crippen LogP contribution in [-0.2, 0) is 13.1 Å². The van der Waals surface area contributed by atoms with Crippen LogP contribution in [0.1, 0.15) is 61.8 Å². The Bertz CT molecular complexity index is 726. The number of phenols is 2. The zero-order chi connectivity index (χ0) is 20.3. The van der Waals surface area contributed by atoms with Crippen molar-refractivity contribution in [1.29, 1.82) is 0 Å². The predicted octanol–water partition coefficient (Wildman–Crippen LogP) is 1.83. The Morgan fingerprint density at radius 1 is 0.679 bits per heavy atom. The van der Waals surface area contributed by atoms with Gasteiger partial charge in [0.2, 0.25) is 0 Å². The first-order valence-electron chi connectivity index (χ1n) is 10.6.